The number of tetrazole rings is 1. The van der Waals surface area contributed by atoms with Gasteiger partial charge in [0.15, 0.2) is 0 Å². The van der Waals surface area contributed by atoms with Crippen molar-refractivity contribution >= 4 is 5.91 Å². The zero-order valence-electron chi connectivity index (χ0n) is 8.17. The van der Waals surface area contributed by atoms with Crippen LogP contribution in [0.2, 0.25) is 0 Å². The average Bonchev–Trinajstić information content (AvgIpc) is 2.65. The number of nitrogens with zero attached hydrogens (tertiary/aromatic N) is 4. The lowest BCUT2D eigenvalue weighted by molar-refractivity contribution is -0.118. The number of hydrogen-bond donors (Lipinski definition) is 1. The minimum absolute atomic E-state index is 0.150. The molecule has 6 nitrogen and oxygen atoms in total. The lowest BCUT2D eigenvalue weighted by Gasteiger charge is -1.94. The summed E-state index contributed by atoms with van der Waals surface area (Å²) in [5, 5.41) is 11.2. The van der Waals surface area contributed by atoms with Gasteiger partial charge in [0.05, 0.1) is 0 Å². The largest absolute Gasteiger partial charge is 0.368 e. The number of primary amides is 1. The summed E-state index contributed by atoms with van der Waals surface area (Å²) in [6.07, 6.45) is 0. The molecule has 2 aromatic rings. The summed E-state index contributed by atoms with van der Waals surface area (Å²) in [5.41, 5.74) is 5.47. The summed E-state index contributed by atoms with van der Waals surface area (Å²) < 4.78 is 12.9. The Morgan fingerprint density at radius 1 is 1.50 bits per heavy atom. The summed E-state index contributed by atoms with van der Waals surface area (Å²) in [6, 6.07) is 5.79. The Kier molecular flexibility index (Phi) is 2.59. The highest BCUT2D eigenvalue weighted by Crippen LogP contribution is 2.14. The molecule has 0 unspecified atom stereocenters. The van der Waals surface area contributed by atoms with Crippen molar-refractivity contribution in [3.8, 4) is 11.4 Å². The smallest absolute Gasteiger partial charge is 0.241 e. The van der Waals surface area contributed by atoms with Crippen LogP contribution in [0.3, 0.4) is 0 Å². The quantitative estimate of drug-likeness (QED) is 0.788. The molecule has 1 aromatic heterocycles. The lowest BCUT2D eigenvalue weighted by Crippen LogP contribution is -2.20. The van der Waals surface area contributed by atoms with Crippen molar-refractivity contribution in [3.63, 3.8) is 0 Å². The highest BCUT2D eigenvalue weighted by Gasteiger charge is 2.07. The standard InChI is InChI=1S/C9H8FN5O/c10-7-3-1-2-6(4-7)9-12-14-15(13-9)5-8(11)16/h1-4H,5H2,(H2,11,16). The topological polar surface area (TPSA) is 86.7 Å². The first-order valence-corrected chi connectivity index (χ1v) is 4.47. The number of rotatable bonds is 3. The van der Waals surface area contributed by atoms with Crippen LogP contribution in [0.15, 0.2) is 24.3 Å². The van der Waals surface area contributed by atoms with Gasteiger partial charge in [-0.15, -0.1) is 10.2 Å². The fraction of sp³-hybridized carbons (Fsp3) is 0.111. The second-order valence-electron chi connectivity index (χ2n) is 3.12. The van der Waals surface area contributed by atoms with Crippen LogP contribution in [0.25, 0.3) is 11.4 Å². The molecule has 0 spiro atoms. The van der Waals surface area contributed by atoms with E-state index < -0.39 is 5.91 Å². The number of hydrogen-bond acceptors (Lipinski definition) is 4. The van der Waals surface area contributed by atoms with Crippen LogP contribution in [-0.2, 0) is 11.3 Å². The maximum absolute atomic E-state index is 12.9. The highest BCUT2D eigenvalue weighted by molar-refractivity contribution is 5.73. The van der Waals surface area contributed by atoms with Crippen LogP contribution < -0.4 is 5.73 Å². The molecule has 0 aliphatic carbocycles. The molecule has 0 aliphatic heterocycles. The third-order valence-corrected chi connectivity index (χ3v) is 1.83. The van der Waals surface area contributed by atoms with Crippen LogP contribution in [0, 0.1) is 5.82 Å². The number of halogens is 1. The van der Waals surface area contributed by atoms with Gasteiger partial charge in [0.25, 0.3) is 0 Å². The van der Waals surface area contributed by atoms with Gasteiger partial charge >= 0.3 is 0 Å². The SMILES string of the molecule is NC(=O)Cn1nnc(-c2cccc(F)c2)n1. The van der Waals surface area contributed by atoms with Crippen molar-refractivity contribution in [2.24, 2.45) is 5.73 Å². The predicted octanol–water partition coefficient (Wildman–Crippen LogP) is -0.0355. The van der Waals surface area contributed by atoms with E-state index in [-0.39, 0.29) is 18.2 Å². The van der Waals surface area contributed by atoms with Crippen molar-refractivity contribution in [2.45, 2.75) is 6.54 Å². The zero-order chi connectivity index (χ0) is 11.5. The van der Waals surface area contributed by atoms with Crippen LogP contribution in [0.4, 0.5) is 4.39 Å². The Morgan fingerprint density at radius 2 is 2.31 bits per heavy atom. The fourth-order valence-electron chi connectivity index (χ4n) is 1.19. The minimum Gasteiger partial charge on any atom is -0.368 e. The molecule has 0 saturated carbocycles. The van der Waals surface area contributed by atoms with Gasteiger partial charge in [0, 0.05) is 5.56 Å². The maximum Gasteiger partial charge on any atom is 0.241 e. The third-order valence-electron chi connectivity index (χ3n) is 1.83. The molecule has 0 fully saturated rings. The second-order valence-corrected chi connectivity index (χ2v) is 3.12. The van der Waals surface area contributed by atoms with E-state index in [0.717, 1.165) is 4.80 Å². The van der Waals surface area contributed by atoms with Crippen LogP contribution in [0.1, 0.15) is 0 Å². The molecule has 2 rings (SSSR count). The number of nitrogens with two attached hydrogens (primary N) is 1. The fourth-order valence-corrected chi connectivity index (χ4v) is 1.19. The molecule has 16 heavy (non-hydrogen) atoms. The summed E-state index contributed by atoms with van der Waals surface area (Å²) in [6.45, 7) is -0.150. The molecule has 0 saturated heterocycles. The van der Waals surface area contributed by atoms with Gasteiger partial charge in [-0.05, 0) is 17.3 Å². The van der Waals surface area contributed by atoms with Crippen LogP contribution in [0.5, 0.6) is 0 Å². The minimum atomic E-state index is -0.566. The van der Waals surface area contributed by atoms with Crippen molar-refractivity contribution < 1.29 is 9.18 Å². The Morgan fingerprint density at radius 3 is 3.00 bits per heavy atom. The van der Waals surface area contributed by atoms with E-state index in [1.54, 1.807) is 12.1 Å². The summed E-state index contributed by atoms with van der Waals surface area (Å²) in [7, 11) is 0. The van der Waals surface area contributed by atoms with Gasteiger partial charge in [-0.25, -0.2) is 4.39 Å². The van der Waals surface area contributed by atoms with E-state index in [0.29, 0.717) is 5.56 Å². The molecule has 0 aliphatic rings. The number of aromatic nitrogens is 4. The Hall–Kier alpha value is -2.31. The Labute approximate surface area is 89.9 Å². The van der Waals surface area contributed by atoms with E-state index in [4.69, 9.17) is 5.73 Å². The number of carbonyl (C=O) groups is 1. The molecular weight excluding hydrogens is 213 g/mol. The first-order valence-electron chi connectivity index (χ1n) is 4.47. The van der Waals surface area contributed by atoms with Gasteiger partial charge in [0.2, 0.25) is 11.7 Å². The molecule has 0 bridgehead atoms. The normalized spacial score (nSPS) is 10.3. The zero-order valence-corrected chi connectivity index (χ0v) is 8.17. The summed E-state index contributed by atoms with van der Waals surface area (Å²) >= 11 is 0. The highest BCUT2D eigenvalue weighted by atomic mass is 19.1. The molecule has 0 atom stereocenters. The summed E-state index contributed by atoms with van der Waals surface area (Å²) in [4.78, 5) is 11.7. The van der Waals surface area contributed by atoms with E-state index in [2.05, 4.69) is 15.4 Å². The number of benzene rings is 1. The average molecular weight is 221 g/mol. The van der Waals surface area contributed by atoms with E-state index in [1.807, 2.05) is 0 Å². The van der Waals surface area contributed by atoms with Crippen LogP contribution >= 0.6 is 0 Å². The monoisotopic (exact) mass is 221 g/mol. The molecule has 82 valence electrons. The van der Waals surface area contributed by atoms with Crippen molar-refractivity contribution in [3.05, 3.63) is 30.1 Å². The van der Waals surface area contributed by atoms with E-state index in [9.17, 15) is 9.18 Å². The maximum atomic E-state index is 12.9. The first kappa shape index (κ1) is 10.2. The predicted molar refractivity (Wildman–Crippen MR) is 52.4 cm³/mol. The van der Waals surface area contributed by atoms with Crippen molar-refractivity contribution in [1.82, 2.24) is 20.2 Å². The molecular formula is C9H8FN5O. The van der Waals surface area contributed by atoms with Gasteiger partial charge in [0.1, 0.15) is 12.4 Å². The molecule has 1 amide bonds. The molecule has 1 heterocycles. The van der Waals surface area contributed by atoms with Gasteiger partial charge < -0.3 is 5.73 Å². The first-order chi connectivity index (χ1) is 7.65. The van der Waals surface area contributed by atoms with E-state index in [1.165, 1.54) is 12.1 Å². The molecule has 2 N–H and O–H groups in total. The Bertz CT molecular complexity index is 524. The Balaban J connectivity index is 2.28. The van der Waals surface area contributed by atoms with Crippen LogP contribution in [-0.4, -0.2) is 26.1 Å². The van der Waals surface area contributed by atoms with Gasteiger partial charge in [-0.1, -0.05) is 12.1 Å². The third kappa shape index (κ3) is 2.19. The lowest BCUT2D eigenvalue weighted by atomic mass is 10.2. The summed E-state index contributed by atoms with van der Waals surface area (Å²) in [5.74, 6) is -0.701. The van der Waals surface area contributed by atoms with Crippen molar-refractivity contribution in [1.29, 1.82) is 0 Å². The second kappa shape index (κ2) is 4.05. The van der Waals surface area contributed by atoms with E-state index >= 15 is 0 Å². The van der Waals surface area contributed by atoms with Gasteiger partial charge in [-0.2, -0.15) is 4.80 Å². The number of carbonyl (C=O) groups excluding carboxylic acids is 1. The molecule has 7 heteroatoms. The molecule has 1 aromatic carbocycles. The molecule has 0 radical (unpaired) electrons. The van der Waals surface area contributed by atoms with Gasteiger partial charge in [-0.3, -0.25) is 4.79 Å². The number of amides is 1. The van der Waals surface area contributed by atoms with Crippen molar-refractivity contribution in [2.75, 3.05) is 0 Å².